The SMILES string of the molecule is CCCCCCC/C=C/CC/C=C/C(O)C(COP(=O)([O-])OCC[N+](C)(C)C)NC(=O)CCCCCCCCCCC/C=C\CCCCCCCC. The Morgan fingerprint density at radius 3 is 1.56 bits per heavy atom. The number of amides is 1. The maximum Gasteiger partial charge on any atom is 0.268 e. The van der Waals surface area contributed by atoms with Crippen molar-refractivity contribution in [3.63, 3.8) is 0 Å². The highest BCUT2D eigenvalue weighted by Gasteiger charge is 2.23. The van der Waals surface area contributed by atoms with Gasteiger partial charge in [-0.05, 0) is 57.8 Å². The van der Waals surface area contributed by atoms with Crippen molar-refractivity contribution >= 4 is 13.7 Å². The predicted octanol–water partition coefficient (Wildman–Crippen LogP) is 10.9. The van der Waals surface area contributed by atoms with Crippen LogP contribution in [0.15, 0.2) is 36.5 Å². The molecule has 0 aromatic rings. The van der Waals surface area contributed by atoms with Gasteiger partial charge in [0.15, 0.2) is 0 Å². The molecule has 0 rings (SSSR count). The summed E-state index contributed by atoms with van der Waals surface area (Å²) >= 11 is 0. The molecule has 0 aliphatic heterocycles. The summed E-state index contributed by atoms with van der Waals surface area (Å²) in [4.78, 5) is 25.2. The number of allylic oxidation sites excluding steroid dienone is 5. The van der Waals surface area contributed by atoms with Gasteiger partial charge in [0.25, 0.3) is 7.82 Å². The Morgan fingerprint density at radius 1 is 0.654 bits per heavy atom. The number of unbranched alkanes of at least 4 members (excludes halogenated alkanes) is 21. The van der Waals surface area contributed by atoms with Crippen LogP contribution in [0.5, 0.6) is 0 Å². The first kappa shape index (κ1) is 50.7. The zero-order valence-corrected chi connectivity index (χ0v) is 35.4. The van der Waals surface area contributed by atoms with Crippen molar-refractivity contribution in [2.75, 3.05) is 40.9 Å². The number of aliphatic hydroxyl groups is 1. The van der Waals surface area contributed by atoms with Crippen molar-refractivity contribution in [2.24, 2.45) is 0 Å². The third-order valence-corrected chi connectivity index (χ3v) is 10.3. The lowest BCUT2D eigenvalue weighted by Crippen LogP contribution is -2.45. The van der Waals surface area contributed by atoms with Gasteiger partial charge in [-0.1, -0.05) is 153 Å². The van der Waals surface area contributed by atoms with E-state index in [4.69, 9.17) is 9.05 Å². The summed E-state index contributed by atoms with van der Waals surface area (Å²) < 4.78 is 23.1. The van der Waals surface area contributed by atoms with E-state index in [1.807, 2.05) is 27.2 Å². The molecule has 8 nitrogen and oxygen atoms in total. The molecule has 3 unspecified atom stereocenters. The monoisotopic (exact) mass is 755 g/mol. The van der Waals surface area contributed by atoms with E-state index in [1.54, 1.807) is 6.08 Å². The molecule has 0 fully saturated rings. The minimum atomic E-state index is -4.59. The number of aliphatic hydroxyl groups excluding tert-OH is 1. The number of phosphoric ester groups is 1. The van der Waals surface area contributed by atoms with E-state index < -0.39 is 26.6 Å². The van der Waals surface area contributed by atoms with Gasteiger partial charge in [0.2, 0.25) is 5.91 Å². The summed E-state index contributed by atoms with van der Waals surface area (Å²) in [6.45, 7) is 4.58. The first-order valence-corrected chi connectivity index (χ1v) is 22.8. The Morgan fingerprint density at radius 2 is 1.08 bits per heavy atom. The zero-order valence-electron chi connectivity index (χ0n) is 34.5. The number of phosphoric acid groups is 1. The number of likely N-dealkylation sites (N-methyl/N-ethyl adjacent to an activating group) is 1. The van der Waals surface area contributed by atoms with Crippen LogP contribution in [0.2, 0.25) is 0 Å². The normalized spacial score (nSPS) is 14.8. The van der Waals surface area contributed by atoms with Crippen LogP contribution in [-0.4, -0.2) is 68.5 Å². The molecule has 0 heterocycles. The lowest BCUT2D eigenvalue weighted by Gasteiger charge is -2.29. The number of hydrogen-bond donors (Lipinski definition) is 2. The van der Waals surface area contributed by atoms with Crippen molar-refractivity contribution < 1.29 is 32.9 Å². The second-order valence-electron chi connectivity index (χ2n) is 15.7. The topological polar surface area (TPSA) is 108 Å². The highest BCUT2D eigenvalue weighted by molar-refractivity contribution is 7.45. The summed E-state index contributed by atoms with van der Waals surface area (Å²) in [6, 6.07) is -0.900. The highest BCUT2D eigenvalue weighted by Crippen LogP contribution is 2.38. The molecule has 0 aromatic carbocycles. The molecular weight excluding hydrogens is 671 g/mol. The highest BCUT2D eigenvalue weighted by atomic mass is 31.2. The standard InChI is InChI=1S/C43H83N2O6P/c1-6-8-10-12-14-16-18-19-20-21-22-23-24-25-27-29-31-33-35-37-43(47)44-41(40-51-52(48,49)50-39-38-45(3,4)5)42(46)36-34-32-30-28-26-17-15-13-11-9-7-2/h19-20,26,28,34,36,41-42,46H,6-18,21-25,27,29-33,35,37-40H2,1-5H3,(H-,44,47,48,49)/b20-19-,28-26+,36-34+. The molecule has 2 N–H and O–H groups in total. The zero-order chi connectivity index (χ0) is 38.6. The minimum Gasteiger partial charge on any atom is -0.756 e. The maximum absolute atomic E-state index is 12.8. The smallest absolute Gasteiger partial charge is 0.268 e. The molecule has 52 heavy (non-hydrogen) atoms. The Labute approximate surface area is 321 Å². The van der Waals surface area contributed by atoms with E-state index in [0.717, 1.165) is 38.5 Å². The van der Waals surface area contributed by atoms with Crippen LogP contribution in [-0.2, 0) is 18.4 Å². The lowest BCUT2D eigenvalue weighted by molar-refractivity contribution is -0.870. The van der Waals surface area contributed by atoms with Crippen molar-refractivity contribution in [1.29, 1.82) is 0 Å². The number of hydrogen-bond acceptors (Lipinski definition) is 6. The van der Waals surface area contributed by atoms with Gasteiger partial charge >= 0.3 is 0 Å². The van der Waals surface area contributed by atoms with E-state index in [-0.39, 0.29) is 12.5 Å². The fourth-order valence-electron chi connectivity index (χ4n) is 5.87. The van der Waals surface area contributed by atoms with Gasteiger partial charge in [-0.25, -0.2) is 0 Å². The van der Waals surface area contributed by atoms with Crippen LogP contribution in [0.4, 0.5) is 0 Å². The maximum atomic E-state index is 12.8. The number of carbonyl (C=O) groups is 1. The molecule has 9 heteroatoms. The molecule has 306 valence electrons. The van der Waals surface area contributed by atoms with E-state index in [9.17, 15) is 19.4 Å². The average molecular weight is 755 g/mol. The molecule has 0 aromatic heterocycles. The van der Waals surface area contributed by atoms with Crippen molar-refractivity contribution in [3.8, 4) is 0 Å². The van der Waals surface area contributed by atoms with E-state index in [0.29, 0.717) is 17.4 Å². The van der Waals surface area contributed by atoms with Crippen LogP contribution in [0.1, 0.15) is 181 Å². The first-order valence-electron chi connectivity index (χ1n) is 21.4. The molecule has 0 bridgehead atoms. The van der Waals surface area contributed by atoms with Gasteiger partial charge in [-0.2, -0.15) is 0 Å². The molecular formula is C43H83N2O6P. The van der Waals surface area contributed by atoms with Crippen LogP contribution in [0.25, 0.3) is 0 Å². The number of nitrogens with zero attached hydrogens (tertiary/aromatic N) is 1. The summed E-state index contributed by atoms with van der Waals surface area (Å²) in [5, 5.41) is 13.7. The molecule has 0 aliphatic carbocycles. The average Bonchev–Trinajstić information content (AvgIpc) is 3.09. The van der Waals surface area contributed by atoms with Gasteiger partial charge in [-0.15, -0.1) is 0 Å². The molecule has 0 saturated heterocycles. The number of carbonyl (C=O) groups excluding carboxylic acids is 1. The third kappa shape index (κ3) is 37.1. The Hall–Kier alpha value is -1.28. The summed E-state index contributed by atoms with van der Waals surface area (Å²) in [7, 11) is 1.24. The fraction of sp³-hybridized carbons (Fsp3) is 0.837. The van der Waals surface area contributed by atoms with Gasteiger partial charge < -0.3 is 28.8 Å². The second kappa shape index (κ2) is 35.4. The molecule has 3 atom stereocenters. The van der Waals surface area contributed by atoms with Crippen LogP contribution in [0, 0.1) is 0 Å². The molecule has 0 saturated carbocycles. The molecule has 1 amide bonds. The lowest BCUT2D eigenvalue weighted by atomic mass is 10.0. The molecule has 0 radical (unpaired) electrons. The van der Waals surface area contributed by atoms with Crippen LogP contribution < -0.4 is 10.2 Å². The second-order valence-corrected chi connectivity index (χ2v) is 17.1. The number of rotatable bonds is 38. The Balaban J connectivity index is 4.40. The summed E-state index contributed by atoms with van der Waals surface area (Å²) in [5.41, 5.74) is 0. The van der Waals surface area contributed by atoms with Crippen LogP contribution >= 0.6 is 7.82 Å². The van der Waals surface area contributed by atoms with E-state index in [2.05, 4.69) is 43.5 Å². The quantitative estimate of drug-likeness (QED) is 0.0281. The van der Waals surface area contributed by atoms with E-state index in [1.165, 1.54) is 122 Å². The van der Waals surface area contributed by atoms with Gasteiger partial charge in [-0.3, -0.25) is 9.36 Å². The van der Waals surface area contributed by atoms with Crippen LogP contribution in [0.3, 0.4) is 0 Å². The Bertz CT molecular complexity index is 948. The summed E-state index contributed by atoms with van der Waals surface area (Å²) in [5.74, 6) is -0.212. The predicted molar refractivity (Wildman–Crippen MR) is 219 cm³/mol. The number of quaternary nitrogens is 1. The minimum absolute atomic E-state index is 0.00693. The number of nitrogens with one attached hydrogen (secondary N) is 1. The first-order chi connectivity index (χ1) is 25.0. The van der Waals surface area contributed by atoms with Crippen molar-refractivity contribution in [2.45, 2.75) is 193 Å². The van der Waals surface area contributed by atoms with Crippen molar-refractivity contribution in [1.82, 2.24) is 5.32 Å². The third-order valence-electron chi connectivity index (χ3n) is 9.32. The van der Waals surface area contributed by atoms with Crippen molar-refractivity contribution in [3.05, 3.63) is 36.5 Å². The fourth-order valence-corrected chi connectivity index (χ4v) is 6.59. The van der Waals surface area contributed by atoms with Gasteiger partial charge in [0.05, 0.1) is 39.9 Å². The largest absolute Gasteiger partial charge is 0.756 e. The summed E-state index contributed by atoms with van der Waals surface area (Å²) in [6.07, 6.45) is 41.9. The van der Waals surface area contributed by atoms with Gasteiger partial charge in [0.1, 0.15) is 13.2 Å². The molecule has 0 aliphatic rings. The van der Waals surface area contributed by atoms with Gasteiger partial charge in [0, 0.05) is 6.42 Å². The Kier molecular flexibility index (Phi) is 34.6. The molecule has 0 spiro atoms. The van der Waals surface area contributed by atoms with E-state index >= 15 is 0 Å².